The van der Waals surface area contributed by atoms with Crippen molar-refractivity contribution in [1.29, 1.82) is 0 Å². The highest BCUT2D eigenvalue weighted by atomic mass is 15.1. The summed E-state index contributed by atoms with van der Waals surface area (Å²) in [4.78, 5) is 22.7. The fourth-order valence-corrected chi connectivity index (χ4v) is 3.00. The summed E-state index contributed by atoms with van der Waals surface area (Å²) in [6.07, 6.45) is 5.49. The van der Waals surface area contributed by atoms with Crippen molar-refractivity contribution >= 4 is 5.69 Å². The van der Waals surface area contributed by atoms with E-state index >= 15 is 0 Å². The zero-order valence-electron chi connectivity index (χ0n) is 19.0. The summed E-state index contributed by atoms with van der Waals surface area (Å²) < 4.78 is 1.94. The molecule has 30 heavy (non-hydrogen) atoms. The second-order valence-electron chi connectivity index (χ2n) is 9.02. The molecule has 3 aromatic rings. The highest BCUT2D eigenvalue weighted by molar-refractivity contribution is 5.73. The fourth-order valence-electron chi connectivity index (χ4n) is 3.00. The minimum Gasteiger partial charge on any atom is -0.334 e. The molecule has 0 saturated heterocycles. The SMILES string of the molecule is [C-]#[N+]c1cc(-c2nc(C(C)(C)CC)nc(C(C)(C)CC)n2)cc(-c2nccn2C)c1. The summed E-state index contributed by atoms with van der Waals surface area (Å²) in [6.45, 7) is 20.5. The molecule has 6 nitrogen and oxygen atoms in total. The largest absolute Gasteiger partial charge is 0.334 e. The Morgan fingerprint density at radius 2 is 1.47 bits per heavy atom. The average molecular weight is 403 g/mol. The maximum atomic E-state index is 7.57. The highest BCUT2D eigenvalue weighted by Gasteiger charge is 2.29. The van der Waals surface area contributed by atoms with Crippen LogP contribution in [0.4, 0.5) is 5.69 Å². The first-order chi connectivity index (χ1) is 14.1. The van der Waals surface area contributed by atoms with Crippen molar-refractivity contribution in [1.82, 2.24) is 24.5 Å². The Morgan fingerprint density at radius 3 is 1.93 bits per heavy atom. The van der Waals surface area contributed by atoms with Gasteiger partial charge in [0.1, 0.15) is 17.5 Å². The van der Waals surface area contributed by atoms with E-state index in [0.717, 1.165) is 41.4 Å². The summed E-state index contributed by atoms with van der Waals surface area (Å²) in [7, 11) is 1.94. The zero-order chi connectivity index (χ0) is 22.1. The quantitative estimate of drug-likeness (QED) is 0.484. The molecule has 1 aromatic carbocycles. The van der Waals surface area contributed by atoms with Crippen LogP contribution in [-0.2, 0) is 17.9 Å². The van der Waals surface area contributed by atoms with Gasteiger partial charge in [0.05, 0.1) is 6.57 Å². The lowest BCUT2D eigenvalue weighted by atomic mass is 9.87. The Bertz CT molecular complexity index is 1070. The van der Waals surface area contributed by atoms with Crippen molar-refractivity contribution in [3.63, 3.8) is 0 Å². The predicted octanol–water partition coefficient (Wildman–Crippen LogP) is 5.87. The van der Waals surface area contributed by atoms with Gasteiger partial charge in [0.15, 0.2) is 11.5 Å². The van der Waals surface area contributed by atoms with Crippen molar-refractivity contribution in [3.8, 4) is 22.8 Å². The summed E-state index contributed by atoms with van der Waals surface area (Å²) in [5.41, 5.74) is 1.88. The van der Waals surface area contributed by atoms with Gasteiger partial charge in [-0.15, -0.1) is 0 Å². The van der Waals surface area contributed by atoms with E-state index in [2.05, 4.69) is 51.4 Å². The van der Waals surface area contributed by atoms with Crippen LogP contribution in [0.3, 0.4) is 0 Å². The van der Waals surface area contributed by atoms with E-state index in [1.165, 1.54) is 0 Å². The van der Waals surface area contributed by atoms with Crippen LogP contribution in [0.15, 0.2) is 30.6 Å². The van der Waals surface area contributed by atoms with Crippen LogP contribution < -0.4 is 0 Å². The predicted molar refractivity (Wildman–Crippen MR) is 120 cm³/mol. The molecule has 156 valence electrons. The molecular formula is C24H30N6. The van der Waals surface area contributed by atoms with E-state index in [1.807, 2.05) is 36.0 Å². The van der Waals surface area contributed by atoms with Crippen LogP contribution in [0, 0.1) is 6.57 Å². The van der Waals surface area contributed by atoms with Crippen LogP contribution >= 0.6 is 0 Å². The molecule has 0 fully saturated rings. The first-order valence-electron chi connectivity index (χ1n) is 10.4. The van der Waals surface area contributed by atoms with Gasteiger partial charge in [-0.25, -0.2) is 24.8 Å². The molecule has 2 heterocycles. The van der Waals surface area contributed by atoms with E-state index < -0.39 is 0 Å². The first-order valence-corrected chi connectivity index (χ1v) is 10.4. The van der Waals surface area contributed by atoms with E-state index in [9.17, 15) is 0 Å². The molecular weight excluding hydrogens is 372 g/mol. The van der Waals surface area contributed by atoms with Gasteiger partial charge in [0.2, 0.25) is 0 Å². The molecule has 3 rings (SSSR count). The van der Waals surface area contributed by atoms with Crippen LogP contribution in [0.1, 0.15) is 66.0 Å². The van der Waals surface area contributed by atoms with Crippen molar-refractivity contribution in [2.45, 2.75) is 65.2 Å². The van der Waals surface area contributed by atoms with Gasteiger partial charge in [0, 0.05) is 41.4 Å². The number of aryl methyl sites for hydroxylation is 1. The van der Waals surface area contributed by atoms with Crippen LogP contribution in [0.5, 0.6) is 0 Å². The second kappa shape index (κ2) is 7.98. The lowest BCUT2D eigenvalue weighted by molar-refractivity contribution is 0.434. The molecule has 0 bridgehead atoms. The maximum absolute atomic E-state index is 7.57. The third-order valence-electron chi connectivity index (χ3n) is 6.00. The third-order valence-corrected chi connectivity index (χ3v) is 6.00. The van der Waals surface area contributed by atoms with Crippen molar-refractivity contribution in [2.75, 3.05) is 0 Å². The Hall–Kier alpha value is -3.07. The van der Waals surface area contributed by atoms with Gasteiger partial charge < -0.3 is 4.57 Å². The Kier molecular flexibility index (Phi) is 5.76. The van der Waals surface area contributed by atoms with Gasteiger partial charge in [-0.2, -0.15) is 0 Å². The second-order valence-corrected chi connectivity index (χ2v) is 9.02. The number of rotatable bonds is 6. The van der Waals surface area contributed by atoms with Gasteiger partial charge in [0.25, 0.3) is 0 Å². The van der Waals surface area contributed by atoms with Gasteiger partial charge in [-0.05, 0) is 31.0 Å². The minimum absolute atomic E-state index is 0.170. The van der Waals surface area contributed by atoms with E-state index in [4.69, 9.17) is 21.5 Å². The fraction of sp³-hybridized carbons (Fsp3) is 0.458. The third kappa shape index (κ3) is 4.11. The van der Waals surface area contributed by atoms with E-state index in [1.54, 1.807) is 6.20 Å². The molecule has 0 saturated carbocycles. The average Bonchev–Trinajstić information content (AvgIpc) is 3.18. The molecule has 0 radical (unpaired) electrons. The van der Waals surface area contributed by atoms with Crippen molar-refractivity contribution in [3.05, 3.63) is 53.7 Å². The Morgan fingerprint density at radius 1 is 0.900 bits per heavy atom. The van der Waals surface area contributed by atoms with Crippen LogP contribution in [0.25, 0.3) is 27.6 Å². The van der Waals surface area contributed by atoms with Gasteiger partial charge in [-0.1, -0.05) is 41.5 Å². The summed E-state index contributed by atoms with van der Waals surface area (Å²) in [5.74, 6) is 3.00. The molecule has 0 amide bonds. The standard InChI is InChI=1S/C24H30N6/c1-9-23(3,4)21-27-19(28-22(29-21)24(5,6)10-2)16-13-17(15-18(14-16)25-7)20-26-11-12-30(20)8/h11-15H,9-10H2,1-6,8H3. The van der Waals surface area contributed by atoms with Crippen molar-refractivity contribution < 1.29 is 0 Å². The lowest BCUT2D eigenvalue weighted by Crippen LogP contribution is -2.26. The van der Waals surface area contributed by atoms with E-state index in [-0.39, 0.29) is 10.8 Å². The number of aromatic nitrogens is 5. The summed E-state index contributed by atoms with van der Waals surface area (Å²) >= 11 is 0. The molecule has 0 unspecified atom stereocenters. The van der Waals surface area contributed by atoms with Crippen LogP contribution in [-0.4, -0.2) is 24.5 Å². The maximum Gasteiger partial charge on any atom is 0.188 e. The molecule has 0 aliphatic carbocycles. The monoisotopic (exact) mass is 402 g/mol. The smallest absolute Gasteiger partial charge is 0.188 e. The summed E-state index contributed by atoms with van der Waals surface area (Å²) in [6, 6.07) is 5.71. The van der Waals surface area contributed by atoms with Gasteiger partial charge in [-0.3, -0.25) is 0 Å². The lowest BCUT2D eigenvalue weighted by Gasteiger charge is -2.26. The number of imidazole rings is 1. The van der Waals surface area contributed by atoms with E-state index in [0.29, 0.717) is 11.5 Å². The molecule has 0 N–H and O–H groups in total. The normalized spacial score (nSPS) is 12.1. The molecule has 0 aliphatic rings. The molecule has 6 heteroatoms. The number of hydrogen-bond donors (Lipinski definition) is 0. The Balaban J connectivity index is 2.27. The highest BCUT2D eigenvalue weighted by Crippen LogP contribution is 2.33. The molecule has 0 aliphatic heterocycles. The zero-order valence-corrected chi connectivity index (χ0v) is 19.0. The van der Waals surface area contributed by atoms with Crippen LogP contribution in [0.2, 0.25) is 0 Å². The number of nitrogens with zero attached hydrogens (tertiary/aromatic N) is 6. The molecule has 2 aromatic heterocycles. The molecule has 0 atom stereocenters. The molecule has 0 spiro atoms. The minimum atomic E-state index is -0.170. The Labute approximate surface area is 179 Å². The summed E-state index contributed by atoms with van der Waals surface area (Å²) in [5, 5.41) is 0. The number of benzene rings is 1. The number of hydrogen-bond acceptors (Lipinski definition) is 4. The van der Waals surface area contributed by atoms with Gasteiger partial charge >= 0.3 is 0 Å². The first kappa shape index (κ1) is 21.6. The van der Waals surface area contributed by atoms with Crippen molar-refractivity contribution in [2.24, 2.45) is 7.05 Å². The topological polar surface area (TPSA) is 60.9 Å².